The average molecular weight is 354 g/mol. The Hall–Kier alpha value is -2.22. The topological polar surface area (TPSA) is 86.8 Å². The Morgan fingerprint density at radius 3 is 2.24 bits per heavy atom. The standard InChI is InChI=1S/C13H12BrN3O4/c1-16-11(19)9(12(20)17(2)13(16)21)10(18)15-8-5-3-4-7(14)6-8/h3-6,9H,1-2H3,(H,15,18). The second-order valence-electron chi connectivity index (χ2n) is 4.51. The molecule has 0 radical (unpaired) electrons. The van der Waals surface area contributed by atoms with Crippen LogP contribution in [-0.2, 0) is 14.4 Å². The van der Waals surface area contributed by atoms with Crippen LogP contribution in [0.25, 0.3) is 0 Å². The van der Waals surface area contributed by atoms with E-state index in [4.69, 9.17) is 0 Å². The van der Waals surface area contributed by atoms with Crippen LogP contribution in [0.1, 0.15) is 0 Å². The molecule has 0 aromatic heterocycles. The van der Waals surface area contributed by atoms with Gasteiger partial charge in [-0.3, -0.25) is 24.2 Å². The van der Waals surface area contributed by atoms with E-state index in [9.17, 15) is 19.2 Å². The second kappa shape index (κ2) is 5.65. The highest BCUT2D eigenvalue weighted by Gasteiger charge is 2.46. The fraction of sp³-hybridized carbons (Fsp3) is 0.231. The van der Waals surface area contributed by atoms with E-state index in [1.165, 1.54) is 14.1 Å². The summed E-state index contributed by atoms with van der Waals surface area (Å²) >= 11 is 3.25. The zero-order valence-corrected chi connectivity index (χ0v) is 12.9. The van der Waals surface area contributed by atoms with Crippen LogP contribution in [0.5, 0.6) is 0 Å². The van der Waals surface area contributed by atoms with Crippen molar-refractivity contribution >= 4 is 45.4 Å². The van der Waals surface area contributed by atoms with Crippen molar-refractivity contribution in [2.45, 2.75) is 0 Å². The Kier molecular flexibility index (Phi) is 4.08. The summed E-state index contributed by atoms with van der Waals surface area (Å²) in [6.45, 7) is 0. The Bertz CT molecular complexity index is 622. The van der Waals surface area contributed by atoms with Gasteiger partial charge in [-0.05, 0) is 18.2 Å². The van der Waals surface area contributed by atoms with Crippen molar-refractivity contribution in [2.24, 2.45) is 5.92 Å². The van der Waals surface area contributed by atoms with Gasteiger partial charge >= 0.3 is 6.03 Å². The fourth-order valence-electron chi connectivity index (χ4n) is 1.91. The Morgan fingerprint density at radius 2 is 1.71 bits per heavy atom. The van der Waals surface area contributed by atoms with E-state index in [1.54, 1.807) is 24.3 Å². The van der Waals surface area contributed by atoms with Crippen LogP contribution in [0, 0.1) is 5.92 Å². The van der Waals surface area contributed by atoms with Crippen molar-refractivity contribution in [3.8, 4) is 0 Å². The zero-order valence-electron chi connectivity index (χ0n) is 11.3. The molecular weight excluding hydrogens is 342 g/mol. The molecule has 7 nitrogen and oxygen atoms in total. The number of barbiturate groups is 1. The summed E-state index contributed by atoms with van der Waals surface area (Å²) in [4.78, 5) is 49.2. The molecule has 0 saturated carbocycles. The summed E-state index contributed by atoms with van der Waals surface area (Å²) in [5.74, 6) is -4.00. The highest BCUT2D eigenvalue weighted by Crippen LogP contribution is 2.20. The van der Waals surface area contributed by atoms with Crippen LogP contribution in [0.4, 0.5) is 10.5 Å². The maximum Gasteiger partial charge on any atom is 0.332 e. The molecule has 2 rings (SSSR count). The first-order valence-electron chi connectivity index (χ1n) is 5.98. The number of urea groups is 1. The predicted octanol–water partition coefficient (Wildman–Crippen LogP) is 1.05. The Labute approximate surface area is 129 Å². The number of benzene rings is 1. The quantitative estimate of drug-likeness (QED) is 0.805. The number of anilines is 1. The molecule has 1 saturated heterocycles. The van der Waals surface area contributed by atoms with Crippen LogP contribution in [0.2, 0.25) is 0 Å². The van der Waals surface area contributed by atoms with Crippen LogP contribution in [0.3, 0.4) is 0 Å². The highest BCUT2D eigenvalue weighted by molar-refractivity contribution is 9.10. The molecule has 5 amide bonds. The minimum atomic E-state index is -1.56. The molecule has 0 atom stereocenters. The third-order valence-corrected chi connectivity index (χ3v) is 3.58. The van der Waals surface area contributed by atoms with Gasteiger partial charge in [0.15, 0.2) is 5.92 Å². The van der Waals surface area contributed by atoms with Gasteiger partial charge in [0, 0.05) is 24.3 Å². The molecule has 0 bridgehead atoms. The minimum absolute atomic E-state index is 0.442. The lowest BCUT2D eigenvalue weighted by molar-refractivity contribution is -0.151. The predicted molar refractivity (Wildman–Crippen MR) is 77.2 cm³/mol. The minimum Gasteiger partial charge on any atom is -0.325 e. The summed E-state index contributed by atoms with van der Waals surface area (Å²) in [5, 5.41) is 2.49. The van der Waals surface area contributed by atoms with Gasteiger partial charge in [-0.15, -0.1) is 0 Å². The van der Waals surface area contributed by atoms with Gasteiger partial charge < -0.3 is 5.32 Å². The average Bonchev–Trinajstić information content (AvgIpc) is 2.43. The molecule has 1 aromatic carbocycles. The van der Waals surface area contributed by atoms with Crippen molar-refractivity contribution in [2.75, 3.05) is 19.4 Å². The normalized spacial score (nSPS) is 16.4. The summed E-state index contributed by atoms with van der Waals surface area (Å²) in [6.07, 6.45) is 0. The molecule has 110 valence electrons. The molecule has 8 heteroatoms. The van der Waals surface area contributed by atoms with Crippen molar-refractivity contribution in [1.82, 2.24) is 9.80 Å². The first-order valence-corrected chi connectivity index (χ1v) is 6.77. The van der Waals surface area contributed by atoms with E-state index in [-0.39, 0.29) is 0 Å². The molecule has 1 aliphatic rings. The van der Waals surface area contributed by atoms with Crippen molar-refractivity contribution in [3.05, 3.63) is 28.7 Å². The molecule has 1 N–H and O–H groups in total. The molecule has 1 aliphatic heterocycles. The fourth-order valence-corrected chi connectivity index (χ4v) is 2.31. The van der Waals surface area contributed by atoms with Crippen molar-refractivity contribution < 1.29 is 19.2 Å². The van der Waals surface area contributed by atoms with Gasteiger partial charge in [-0.1, -0.05) is 22.0 Å². The zero-order chi connectivity index (χ0) is 15.7. The number of nitrogens with one attached hydrogen (secondary N) is 1. The maximum absolute atomic E-state index is 12.2. The number of halogens is 1. The first-order chi connectivity index (χ1) is 9.82. The van der Waals surface area contributed by atoms with Crippen molar-refractivity contribution in [1.29, 1.82) is 0 Å². The molecule has 21 heavy (non-hydrogen) atoms. The third kappa shape index (κ3) is 2.80. The monoisotopic (exact) mass is 353 g/mol. The molecule has 1 aromatic rings. The second-order valence-corrected chi connectivity index (χ2v) is 5.43. The van der Waals surface area contributed by atoms with Gasteiger partial charge in [0.2, 0.25) is 5.91 Å². The van der Waals surface area contributed by atoms with Gasteiger partial charge in [0.25, 0.3) is 11.8 Å². The van der Waals surface area contributed by atoms with E-state index >= 15 is 0 Å². The van der Waals surface area contributed by atoms with Crippen LogP contribution in [0.15, 0.2) is 28.7 Å². The van der Waals surface area contributed by atoms with E-state index in [0.717, 1.165) is 14.3 Å². The molecule has 1 fully saturated rings. The number of amides is 5. The molecule has 0 unspecified atom stereocenters. The van der Waals surface area contributed by atoms with Crippen LogP contribution < -0.4 is 5.32 Å². The summed E-state index contributed by atoms with van der Waals surface area (Å²) in [5.41, 5.74) is 0.442. The smallest absolute Gasteiger partial charge is 0.325 e. The molecular formula is C13H12BrN3O4. The highest BCUT2D eigenvalue weighted by atomic mass is 79.9. The number of nitrogens with zero attached hydrogens (tertiary/aromatic N) is 2. The van der Waals surface area contributed by atoms with Gasteiger partial charge in [-0.2, -0.15) is 0 Å². The molecule has 0 aliphatic carbocycles. The summed E-state index contributed by atoms with van der Waals surface area (Å²) in [7, 11) is 2.46. The Morgan fingerprint density at radius 1 is 1.14 bits per heavy atom. The van der Waals surface area contributed by atoms with Crippen molar-refractivity contribution in [3.63, 3.8) is 0 Å². The maximum atomic E-state index is 12.2. The van der Waals surface area contributed by atoms with E-state index in [0.29, 0.717) is 5.69 Å². The van der Waals surface area contributed by atoms with E-state index in [1.807, 2.05) is 0 Å². The lowest BCUT2D eigenvalue weighted by atomic mass is 10.0. The number of hydrogen-bond donors (Lipinski definition) is 1. The number of carbonyl (C=O) groups is 4. The summed E-state index contributed by atoms with van der Waals surface area (Å²) < 4.78 is 0.742. The lowest BCUT2D eigenvalue weighted by Gasteiger charge is -2.32. The van der Waals surface area contributed by atoms with E-state index < -0.39 is 29.7 Å². The number of hydrogen-bond acceptors (Lipinski definition) is 4. The van der Waals surface area contributed by atoms with Crippen LogP contribution >= 0.6 is 15.9 Å². The third-order valence-electron chi connectivity index (χ3n) is 3.08. The van der Waals surface area contributed by atoms with Gasteiger partial charge in [0.1, 0.15) is 0 Å². The van der Waals surface area contributed by atoms with Gasteiger partial charge in [-0.25, -0.2) is 4.79 Å². The Balaban J connectivity index is 2.23. The SMILES string of the molecule is CN1C(=O)C(C(=O)Nc2cccc(Br)c2)C(=O)N(C)C1=O. The lowest BCUT2D eigenvalue weighted by Crippen LogP contribution is -2.59. The summed E-state index contributed by atoms with van der Waals surface area (Å²) in [6, 6.07) is 5.97. The van der Waals surface area contributed by atoms with Gasteiger partial charge in [0.05, 0.1) is 0 Å². The number of imide groups is 2. The number of carbonyl (C=O) groups excluding carboxylic acids is 4. The van der Waals surface area contributed by atoms with Crippen LogP contribution in [-0.4, -0.2) is 47.6 Å². The molecule has 0 spiro atoms. The van der Waals surface area contributed by atoms with E-state index in [2.05, 4.69) is 21.2 Å². The first kappa shape index (κ1) is 15.2. The number of rotatable bonds is 2. The largest absolute Gasteiger partial charge is 0.332 e. The molecule has 1 heterocycles.